The highest BCUT2D eigenvalue weighted by molar-refractivity contribution is 5.94. The fraction of sp³-hybridized carbons (Fsp3) is 0.727. The number of ether oxygens (including phenoxy) is 1. The zero-order valence-electron chi connectivity index (χ0n) is 10.6. The van der Waals surface area contributed by atoms with Gasteiger partial charge in [0.05, 0.1) is 19.1 Å². The SMILES string of the molecule is CC(=O)N[C@@]1(OC[C@H](C(=O)O)C(C)C)CNC1=O. The predicted octanol–water partition coefficient (Wildman–Crippen LogP) is -0.678. The number of amides is 2. The molecular weight excluding hydrogens is 240 g/mol. The van der Waals surface area contributed by atoms with E-state index in [9.17, 15) is 14.4 Å². The number of carbonyl (C=O) groups excluding carboxylic acids is 2. The number of β-lactam (4-membered cyclic amide) rings is 1. The van der Waals surface area contributed by atoms with Gasteiger partial charge in [-0.05, 0) is 5.92 Å². The molecule has 0 aromatic rings. The van der Waals surface area contributed by atoms with Crippen LogP contribution in [0.4, 0.5) is 0 Å². The molecule has 0 aliphatic carbocycles. The molecule has 1 fully saturated rings. The summed E-state index contributed by atoms with van der Waals surface area (Å²) in [5, 5.41) is 13.9. The molecule has 0 spiro atoms. The van der Waals surface area contributed by atoms with E-state index in [0.717, 1.165) is 0 Å². The molecule has 0 bridgehead atoms. The summed E-state index contributed by atoms with van der Waals surface area (Å²) in [6.45, 7) is 4.81. The van der Waals surface area contributed by atoms with Crippen LogP contribution in [0.25, 0.3) is 0 Å². The highest BCUT2D eigenvalue weighted by Crippen LogP contribution is 2.19. The molecule has 7 nitrogen and oxygen atoms in total. The van der Waals surface area contributed by atoms with Gasteiger partial charge in [0.2, 0.25) is 11.6 Å². The zero-order chi connectivity index (χ0) is 13.9. The van der Waals surface area contributed by atoms with Crippen LogP contribution in [0.1, 0.15) is 20.8 Å². The van der Waals surface area contributed by atoms with Crippen LogP contribution in [0.3, 0.4) is 0 Å². The van der Waals surface area contributed by atoms with E-state index in [0.29, 0.717) is 0 Å². The van der Waals surface area contributed by atoms with Crippen LogP contribution in [0.2, 0.25) is 0 Å². The molecule has 1 aliphatic heterocycles. The van der Waals surface area contributed by atoms with Crippen molar-refractivity contribution in [1.82, 2.24) is 10.6 Å². The molecule has 2 amide bonds. The van der Waals surface area contributed by atoms with Crippen LogP contribution >= 0.6 is 0 Å². The Morgan fingerprint density at radius 3 is 2.44 bits per heavy atom. The highest BCUT2D eigenvalue weighted by atomic mass is 16.5. The molecule has 0 unspecified atom stereocenters. The molecule has 2 atom stereocenters. The van der Waals surface area contributed by atoms with Gasteiger partial charge in [-0.1, -0.05) is 13.8 Å². The first kappa shape index (κ1) is 14.4. The van der Waals surface area contributed by atoms with Crippen molar-refractivity contribution in [3.05, 3.63) is 0 Å². The molecule has 1 saturated heterocycles. The fourth-order valence-electron chi connectivity index (χ4n) is 1.64. The van der Waals surface area contributed by atoms with Crippen LogP contribution in [-0.2, 0) is 19.1 Å². The van der Waals surface area contributed by atoms with Gasteiger partial charge < -0.3 is 20.5 Å². The first-order chi connectivity index (χ1) is 8.28. The molecule has 1 rings (SSSR count). The van der Waals surface area contributed by atoms with E-state index in [4.69, 9.17) is 9.84 Å². The van der Waals surface area contributed by atoms with Crippen molar-refractivity contribution in [2.45, 2.75) is 26.5 Å². The Morgan fingerprint density at radius 1 is 1.56 bits per heavy atom. The van der Waals surface area contributed by atoms with E-state index >= 15 is 0 Å². The zero-order valence-corrected chi connectivity index (χ0v) is 10.6. The third-order valence-corrected chi connectivity index (χ3v) is 2.87. The molecule has 0 aromatic carbocycles. The summed E-state index contributed by atoms with van der Waals surface area (Å²) in [4.78, 5) is 33.5. The van der Waals surface area contributed by atoms with Gasteiger partial charge in [0, 0.05) is 6.92 Å². The Hall–Kier alpha value is -1.63. The van der Waals surface area contributed by atoms with Crippen molar-refractivity contribution in [1.29, 1.82) is 0 Å². The monoisotopic (exact) mass is 258 g/mol. The number of carbonyl (C=O) groups is 3. The first-order valence-corrected chi connectivity index (χ1v) is 5.72. The molecule has 7 heteroatoms. The highest BCUT2D eigenvalue weighted by Gasteiger charge is 2.49. The second kappa shape index (κ2) is 5.34. The molecular formula is C11H18N2O5. The van der Waals surface area contributed by atoms with Gasteiger partial charge in [-0.3, -0.25) is 14.4 Å². The van der Waals surface area contributed by atoms with Crippen molar-refractivity contribution in [2.75, 3.05) is 13.2 Å². The normalized spacial score (nSPS) is 24.1. The van der Waals surface area contributed by atoms with Crippen LogP contribution in [0.5, 0.6) is 0 Å². The van der Waals surface area contributed by atoms with Crippen molar-refractivity contribution < 1.29 is 24.2 Å². The smallest absolute Gasteiger partial charge is 0.309 e. The lowest BCUT2D eigenvalue weighted by Gasteiger charge is -2.41. The van der Waals surface area contributed by atoms with E-state index in [1.807, 2.05) is 0 Å². The molecule has 18 heavy (non-hydrogen) atoms. The van der Waals surface area contributed by atoms with Gasteiger partial charge in [-0.2, -0.15) is 0 Å². The largest absolute Gasteiger partial charge is 0.481 e. The van der Waals surface area contributed by atoms with E-state index in [2.05, 4.69) is 10.6 Å². The summed E-state index contributed by atoms with van der Waals surface area (Å²) in [7, 11) is 0. The van der Waals surface area contributed by atoms with Crippen LogP contribution < -0.4 is 10.6 Å². The van der Waals surface area contributed by atoms with Gasteiger partial charge >= 0.3 is 5.97 Å². The molecule has 0 aromatic heterocycles. The Kier molecular flexibility index (Phi) is 4.28. The number of nitrogens with one attached hydrogen (secondary N) is 2. The number of carboxylic acids is 1. The number of carboxylic acid groups (broad SMARTS) is 1. The minimum absolute atomic E-state index is 0.124. The third-order valence-electron chi connectivity index (χ3n) is 2.87. The molecule has 1 aliphatic rings. The van der Waals surface area contributed by atoms with Crippen LogP contribution in [0, 0.1) is 11.8 Å². The van der Waals surface area contributed by atoms with Gasteiger partial charge in [0.25, 0.3) is 5.91 Å². The Balaban J connectivity index is 2.66. The van der Waals surface area contributed by atoms with E-state index < -0.39 is 29.4 Å². The minimum atomic E-state index is -1.41. The molecule has 0 saturated carbocycles. The predicted molar refractivity (Wildman–Crippen MR) is 61.5 cm³/mol. The van der Waals surface area contributed by atoms with Crippen molar-refractivity contribution >= 4 is 17.8 Å². The maximum Gasteiger partial charge on any atom is 0.309 e. The standard InChI is InChI=1S/C11H18N2O5/c1-6(2)8(9(15)16)4-18-11(13-7(3)14)5-12-10(11)17/h6,8H,4-5H2,1-3H3,(H,12,17)(H,13,14)(H,15,16)/t8-,11+/m0/s1. The minimum Gasteiger partial charge on any atom is -0.481 e. The maximum absolute atomic E-state index is 11.4. The van der Waals surface area contributed by atoms with E-state index in [-0.39, 0.29) is 19.1 Å². The average molecular weight is 258 g/mol. The quantitative estimate of drug-likeness (QED) is 0.432. The Bertz CT molecular complexity index is 368. The molecule has 3 N–H and O–H groups in total. The fourth-order valence-corrected chi connectivity index (χ4v) is 1.64. The van der Waals surface area contributed by atoms with E-state index in [1.54, 1.807) is 13.8 Å². The van der Waals surface area contributed by atoms with Crippen molar-refractivity contribution in [2.24, 2.45) is 11.8 Å². The second-order valence-corrected chi connectivity index (χ2v) is 4.69. The number of aliphatic carboxylic acids is 1. The van der Waals surface area contributed by atoms with Crippen LogP contribution in [0.15, 0.2) is 0 Å². The lowest BCUT2D eigenvalue weighted by Crippen LogP contribution is -2.74. The maximum atomic E-state index is 11.4. The summed E-state index contributed by atoms with van der Waals surface area (Å²) in [6, 6.07) is 0. The van der Waals surface area contributed by atoms with E-state index in [1.165, 1.54) is 6.92 Å². The average Bonchev–Trinajstić information content (AvgIpc) is 2.24. The number of hydrogen-bond donors (Lipinski definition) is 3. The van der Waals surface area contributed by atoms with Gasteiger partial charge in [-0.15, -0.1) is 0 Å². The van der Waals surface area contributed by atoms with Gasteiger partial charge in [0.1, 0.15) is 0 Å². The lowest BCUT2D eigenvalue weighted by atomic mass is 9.96. The topological polar surface area (TPSA) is 105 Å². The molecule has 1 heterocycles. The lowest BCUT2D eigenvalue weighted by molar-refractivity contribution is -0.178. The third kappa shape index (κ3) is 2.98. The molecule has 0 radical (unpaired) electrons. The summed E-state index contributed by atoms with van der Waals surface area (Å²) >= 11 is 0. The Labute approximate surface area is 105 Å². The number of rotatable bonds is 6. The summed E-state index contributed by atoms with van der Waals surface area (Å²) in [6.07, 6.45) is 0. The summed E-state index contributed by atoms with van der Waals surface area (Å²) in [5.74, 6) is -2.68. The summed E-state index contributed by atoms with van der Waals surface area (Å²) < 4.78 is 5.35. The van der Waals surface area contributed by atoms with Gasteiger partial charge in [-0.25, -0.2) is 0 Å². The first-order valence-electron chi connectivity index (χ1n) is 5.72. The van der Waals surface area contributed by atoms with Gasteiger partial charge in [0.15, 0.2) is 0 Å². The molecule has 102 valence electrons. The second-order valence-electron chi connectivity index (χ2n) is 4.69. The Morgan fingerprint density at radius 2 is 2.17 bits per heavy atom. The van der Waals surface area contributed by atoms with Crippen molar-refractivity contribution in [3.63, 3.8) is 0 Å². The summed E-state index contributed by atoms with van der Waals surface area (Å²) in [5.41, 5.74) is -1.41. The number of hydrogen-bond acceptors (Lipinski definition) is 4. The van der Waals surface area contributed by atoms with Crippen LogP contribution in [-0.4, -0.2) is 41.8 Å². The van der Waals surface area contributed by atoms with Crippen molar-refractivity contribution in [3.8, 4) is 0 Å².